The number of para-hydroxylation sites is 2. The van der Waals surface area contributed by atoms with Gasteiger partial charge < -0.3 is 15.1 Å². The third-order valence-electron chi connectivity index (χ3n) is 9.33. The van der Waals surface area contributed by atoms with Gasteiger partial charge in [-0.2, -0.15) is 0 Å². The summed E-state index contributed by atoms with van der Waals surface area (Å²) in [5.41, 5.74) is 17.7. The van der Waals surface area contributed by atoms with Crippen LogP contribution in [0.2, 0.25) is 0 Å². The number of nitrogens with zero attached hydrogens (tertiary/aromatic N) is 1. The van der Waals surface area contributed by atoms with Crippen LogP contribution in [0.1, 0.15) is 11.1 Å². The van der Waals surface area contributed by atoms with Gasteiger partial charge in [0.25, 0.3) is 0 Å². The van der Waals surface area contributed by atoms with E-state index in [9.17, 15) is 5.41 Å². The van der Waals surface area contributed by atoms with Crippen LogP contribution in [-0.2, 0) is 0 Å². The number of fused-ring (bicyclic) bond motifs is 6. The molecule has 5 heteroatoms. The molecule has 0 aliphatic rings. The maximum Gasteiger partial charge on any atom is 0.154 e. The van der Waals surface area contributed by atoms with Crippen molar-refractivity contribution in [1.29, 1.82) is 5.41 Å². The molecule has 0 fully saturated rings. The lowest BCUT2D eigenvalue weighted by molar-refractivity contribution is 0.670. The van der Waals surface area contributed by atoms with E-state index in [0.29, 0.717) is 11.1 Å². The Balaban J connectivity index is 1.24. The molecule has 5 nitrogen and oxygen atoms in total. The molecule has 9 aromatic rings. The van der Waals surface area contributed by atoms with Gasteiger partial charge in [0.1, 0.15) is 17.0 Å². The molecule has 9 rings (SSSR count). The minimum Gasteiger partial charge on any atom is -0.455 e. The van der Waals surface area contributed by atoms with Gasteiger partial charge in [-0.15, -0.1) is 0 Å². The lowest BCUT2D eigenvalue weighted by Gasteiger charge is -2.12. The molecule has 0 saturated carbocycles. The van der Waals surface area contributed by atoms with Gasteiger partial charge in [0.05, 0.1) is 5.52 Å². The average molecular weight is 631 g/mol. The van der Waals surface area contributed by atoms with Gasteiger partial charge in [-0.3, -0.25) is 5.41 Å². The van der Waals surface area contributed by atoms with Crippen LogP contribution >= 0.6 is 0 Å². The molecule has 2 aromatic heterocycles. The quantitative estimate of drug-likeness (QED) is 0.130. The fourth-order valence-electron chi connectivity index (χ4n) is 7.02. The van der Waals surface area contributed by atoms with Gasteiger partial charge in [0.15, 0.2) is 5.84 Å². The van der Waals surface area contributed by atoms with E-state index >= 15 is 0 Å². The monoisotopic (exact) mass is 630 g/mol. The Bertz CT molecular complexity index is 2720. The van der Waals surface area contributed by atoms with Crippen molar-refractivity contribution in [2.24, 2.45) is 10.7 Å². The first-order valence-electron chi connectivity index (χ1n) is 16.3. The van der Waals surface area contributed by atoms with Gasteiger partial charge in [-0.25, -0.2) is 4.99 Å². The summed E-state index contributed by atoms with van der Waals surface area (Å²) >= 11 is 0. The van der Waals surface area contributed by atoms with Gasteiger partial charge in [0, 0.05) is 49.3 Å². The van der Waals surface area contributed by atoms with E-state index in [0.717, 1.165) is 66.3 Å². The number of H-pyrrole nitrogens is 1. The summed E-state index contributed by atoms with van der Waals surface area (Å²) in [7, 11) is 0. The summed E-state index contributed by atoms with van der Waals surface area (Å²) in [6, 6.07) is 53.4. The van der Waals surface area contributed by atoms with E-state index in [2.05, 4.69) is 94.9 Å². The van der Waals surface area contributed by atoms with Gasteiger partial charge in [-0.05, 0) is 46.5 Å². The average Bonchev–Trinajstić information content (AvgIpc) is 3.74. The van der Waals surface area contributed by atoms with E-state index in [-0.39, 0.29) is 11.7 Å². The maximum atomic E-state index is 9.19. The van der Waals surface area contributed by atoms with Gasteiger partial charge >= 0.3 is 0 Å². The molecule has 0 saturated heterocycles. The van der Waals surface area contributed by atoms with Crippen LogP contribution < -0.4 is 5.73 Å². The first-order valence-corrected chi connectivity index (χ1v) is 16.3. The second-order valence-electron chi connectivity index (χ2n) is 12.2. The minimum absolute atomic E-state index is 0.0638. The number of amidine groups is 2. The number of nitrogens with one attached hydrogen (secondary N) is 2. The highest BCUT2D eigenvalue weighted by atomic mass is 16.3. The third kappa shape index (κ3) is 4.79. The molecule has 0 spiro atoms. The molecule has 0 unspecified atom stereocenters. The number of benzene rings is 7. The molecule has 0 amide bonds. The Morgan fingerprint density at radius 2 is 1.22 bits per heavy atom. The Kier molecular flexibility index (Phi) is 6.69. The largest absolute Gasteiger partial charge is 0.455 e. The van der Waals surface area contributed by atoms with E-state index in [1.54, 1.807) is 0 Å². The van der Waals surface area contributed by atoms with Crippen molar-refractivity contribution in [3.8, 4) is 33.4 Å². The topological polar surface area (TPSA) is 91.2 Å². The summed E-state index contributed by atoms with van der Waals surface area (Å²) in [5.74, 6) is 0.350. The normalized spacial score (nSPS) is 12.0. The van der Waals surface area contributed by atoms with Gasteiger partial charge in [0.2, 0.25) is 0 Å². The van der Waals surface area contributed by atoms with Crippen molar-refractivity contribution in [1.82, 2.24) is 4.98 Å². The number of rotatable bonds is 5. The van der Waals surface area contributed by atoms with Crippen LogP contribution in [-0.4, -0.2) is 16.7 Å². The Hall–Kier alpha value is -6.72. The van der Waals surface area contributed by atoms with Crippen molar-refractivity contribution < 1.29 is 4.42 Å². The number of furan rings is 1. The zero-order chi connectivity index (χ0) is 32.9. The standard InChI is InChI=1S/C44H30N4O/c45-43(30-13-5-2-6-14-30)48-44(46)36-26-25-35-40-31(27-11-3-1-4-12-27)16-10-20-38(40)49-42(35)39(36)29-23-21-28(22-24-29)32-17-9-18-34-33-15-7-8-19-37(33)47-41(32)34/h1-26,47H,(H3,45,46,48). The number of aromatic amines is 1. The molecule has 0 bridgehead atoms. The predicted octanol–water partition coefficient (Wildman–Crippen LogP) is 11.0. The molecule has 0 radical (unpaired) electrons. The fraction of sp³-hybridized carbons (Fsp3) is 0. The SMILES string of the molecule is N=C(N=C(N)c1ccccc1)c1ccc2c(oc3cccc(-c4ccccc4)c32)c1-c1ccc(-c2cccc3c2[nH]c2ccccc23)cc1. The molecule has 0 atom stereocenters. The molecule has 232 valence electrons. The first-order chi connectivity index (χ1) is 24.1. The van der Waals surface area contributed by atoms with Crippen molar-refractivity contribution in [2.75, 3.05) is 0 Å². The van der Waals surface area contributed by atoms with Crippen LogP contribution in [0.5, 0.6) is 0 Å². The molecule has 49 heavy (non-hydrogen) atoms. The summed E-state index contributed by atoms with van der Waals surface area (Å²) in [6.45, 7) is 0. The Labute approximate surface area is 282 Å². The van der Waals surface area contributed by atoms with Crippen molar-refractivity contribution >= 4 is 55.4 Å². The molecule has 7 aromatic carbocycles. The van der Waals surface area contributed by atoms with Crippen LogP contribution in [0.25, 0.3) is 77.1 Å². The Morgan fingerprint density at radius 1 is 0.571 bits per heavy atom. The number of aromatic nitrogens is 1. The summed E-state index contributed by atoms with van der Waals surface area (Å²) in [4.78, 5) is 8.22. The van der Waals surface area contributed by atoms with Crippen LogP contribution in [0.3, 0.4) is 0 Å². The number of nitrogens with two attached hydrogens (primary N) is 1. The maximum absolute atomic E-state index is 9.19. The number of hydrogen-bond acceptors (Lipinski definition) is 2. The molecule has 4 N–H and O–H groups in total. The van der Waals surface area contributed by atoms with E-state index < -0.39 is 0 Å². The van der Waals surface area contributed by atoms with E-state index in [4.69, 9.17) is 10.2 Å². The third-order valence-corrected chi connectivity index (χ3v) is 9.33. The summed E-state index contributed by atoms with van der Waals surface area (Å²) in [5, 5.41) is 13.6. The molecular weight excluding hydrogens is 601 g/mol. The van der Waals surface area contributed by atoms with Crippen molar-refractivity contribution in [2.45, 2.75) is 0 Å². The fourth-order valence-corrected chi connectivity index (χ4v) is 7.02. The summed E-state index contributed by atoms with van der Waals surface area (Å²) < 4.78 is 6.71. The highest BCUT2D eigenvalue weighted by molar-refractivity contribution is 6.20. The molecule has 0 aliphatic carbocycles. The second-order valence-corrected chi connectivity index (χ2v) is 12.2. The Morgan fingerprint density at radius 3 is 2.04 bits per heavy atom. The van der Waals surface area contributed by atoms with Crippen LogP contribution in [0, 0.1) is 5.41 Å². The lowest BCUT2D eigenvalue weighted by atomic mass is 9.92. The lowest BCUT2D eigenvalue weighted by Crippen LogP contribution is -2.16. The highest BCUT2D eigenvalue weighted by Gasteiger charge is 2.21. The molecule has 2 heterocycles. The molecule has 0 aliphatic heterocycles. The minimum atomic E-state index is 0.0638. The zero-order valence-corrected chi connectivity index (χ0v) is 26.4. The second kappa shape index (κ2) is 11.5. The number of hydrogen-bond donors (Lipinski definition) is 3. The molecular formula is C44H30N4O. The van der Waals surface area contributed by atoms with Crippen molar-refractivity contribution in [3.05, 3.63) is 169 Å². The zero-order valence-electron chi connectivity index (χ0n) is 26.4. The van der Waals surface area contributed by atoms with Crippen LogP contribution in [0.15, 0.2) is 167 Å². The highest BCUT2D eigenvalue weighted by Crippen LogP contribution is 2.43. The van der Waals surface area contributed by atoms with Crippen molar-refractivity contribution in [3.63, 3.8) is 0 Å². The summed E-state index contributed by atoms with van der Waals surface area (Å²) in [6.07, 6.45) is 0. The van der Waals surface area contributed by atoms with E-state index in [1.807, 2.05) is 72.8 Å². The predicted molar refractivity (Wildman–Crippen MR) is 203 cm³/mol. The smallest absolute Gasteiger partial charge is 0.154 e. The first kappa shape index (κ1) is 28.5. The van der Waals surface area contributed by atoms with Crippen LogP contribution in [0.4, 0.5) is 0 Å². The number of aliphatic imine (C=N–C) groups is 1. The van der Waals surface area contributed by atoms with Gasteiger partial charge in [-0.1, -0.05) is 133 Å². The van der Waals surface area contributed by atoms with E-state index in [1.165, 1.54) is 10.8 Å².